The number of aromatic amines is 1. The molecule has 1 saturated heterocycles. The highest BCUT2D eigenvalue weighted by molar-refractivity contribution is 4.92. The van der Waals surface area contributed by atoms with E-state index in [2.05, 4.69) is 15.2 Å². The van der Waals surface area contributed by atoms with Crippen molar-refractivity contribution in [3.63, 3.8) is 0 Å². The van der Waals surface area contributed by atoms with Crippen LogP contribution in [0.5, 0.6) is 0 Å². The zero-order valence-corrected chi connectivity index (χ0v) is 6.97. The monoisotopic (exact) mass is 185 g/mol. The highest BCUT2D eigenvalue weighted by atomic mass is 16.6. The van der Waals surface area contributed by atoms with E-state index < -0.39 is 11.9 Å². The predicted molar refractivity (Wildman–Crippen MR) is 41.6 cm³/mol. The van der Waals surface area contributed by atoms with Crippen LogP contribution in [0.25, 0.3) is 0 Å². The molecule has 6 nitrogen and oxygen atoms in total. The van der Waals surface area contributed by atoms with Gasteiger partial charge in [0.2, 0.25) is 0 Å². The molecule has 6 heteroatoms. The standard InChI is InChI=1S/C7H11N3O3/c11-7(12)1-2-13-5(7)3-6-8-4-9-10-6/h4-5,11-12H,1-3H2,(H,8,9,10)/t5-/m0/s1. The first kappa shape index (κ1) is 8.61. The van der Waals surface area contributed by atoms with Crippen LogP contribution in [0.1, 0.15) is 12.2 Å². The number of hydrogen-bond donors (Lipinski definition) is 3. The van der Waals surface area contributed by atoms with Crippen LogP contribution in [0, 0.1) is 0 Å². The third-order valence-electron chi connectivity index (χ3n) is 2.14. The molecule has 2 rings (SSSR count). The fourth-order valence-corrected chi connectivity index (χ4v) is 1.37. The van der Waals surface area contributed by atoms with E-state index in [9.17, 15) is 10.2 Å². The second-order valence-corrected chi connectivity index (χ2v) is 3.11. The molecule has 1 aliphatic rings. The number of nitrogens with zero attached hydrogens (tertiary/aromatic N) is 2. The van der Waals surface area contributed by atoms with Crippen molar-refractivity contribution in [1.29, 1.82) is 0 Å². The average Bonchev–Trinajstić information content (AvgIpc) is 2.63. The van der Waals surface area contributed by atoms with Gasteiger partial charge in [-0.05, 0) is 0 Å². The van der Waals surface area contributed by atoms with E-state index in [1.54, 1.807) is 0 Å². The van der Waals surface area contributed by atoms with Crippen molar-refractivity contribution < 1.29 is 14.9 Å². The first-order valence-electron chi connectivity index (χ1n) is 4.09. The van der Waals surface area contributed by atoms with Crippen LogP contribution in [0.2, 0.25) is 0 Å². The first-order valence-corrected chi connectivity index (χ1v) is 4.09. The number of nitrogens with one attached hydrogen (secondary N) is 1. The van der Waals surface area contributed by atoms with Gasteiger partial charge in [0.25, 0.3) is 0 Å². The number of rotatable bonds is 2. The highest BCUT2D eigenvalue weighted by Crippen LogP contribution is 2.24. The van der Waals surface area contributed by atoms with Gasteiger partial charge in [0.15, 0.2) is 11.6 Å². The Balaban J connectivity index is 2.02. The summed E-state index contributed by atoms with van der Waals surface area (Å²) in [6.07, 6.45) is 1.38. The van der Waals surface area contributed by atoms with Crippen LogP contribution in [0.15, 0.2) is 6.33 Å². The Bertz CT molecular complexity index is 273. The van der Waals surface area contributed by atoms with Crippen LogP contribution in [0.3, 0.4) is 0 Å². The summed E-state index contributed by atoms with van der Waals surface area (Å²) < 4.78 is 5.15. The fourth-order valence-electron chi connectivity index (χ4n) is 1.37. The maximum atomic E-state index is 9.42. The Kier molecular flexibility index (Phi) is 2.03. The van der Waals surface area contributed by atoms with Crippen molar-refractivity contribution in [2.24, 2.45) is 0 Å². The molecule has 1 fully saturated rings. The molecule has 0 bridgehead atoms. The van der Waals surface area contributed by atoms with Crippen molar-refractivity contribution in [2.75, 3.05) is 6.61 Å². The SMILES string of the molecule is OC1(O)CCO[C@H]1Cc1nc[nH]n1. The summed E-state index contributed by atoms with van der Waals surface area (Å²) >= 11 is 0. The van der Waals surface area contributed by atoms with E-state index in [1.807, 2.05) is 0 Å². The van der Waals surface area contributed by atoms with Crippen LogP contribution < -0.4 is 0 Å². The smallest absolute Gasteiger partial charge is 0.192 e. The second kappa shape index (κ2) is 3.06. The van der Waals surface area contributed by atoms with Crippen molar-refractivity contribution in [3.8, 4) is 0 Å². The molecule has 1 aromatic heterocycles. The molecule has 0 spiro atoms. The van der Waals surface area contributed by atoms with Crippen LogP contribution in [0.4, 0.5) is 0 Å². The van der Waals surface area contributed by atoms with E-state index in [-0.39, 0.29) is 6.42 Å². The van der Waals surface area contributed by atoms with E-state index in [1.165, 1.54) is 6.33 Å². The van der Waals surface area contributed by atoms with Gasteiger partial charge >= 0.3 is 0 Å². The van der Waals surface area contributed by atoms with Crippen LogP contribution >= 0.6 is 0 Å². The average molecular weight is 185 g/mol. The van der Waals surface area contributed by atoms with Gasteiger partial charge in [0.1, 0.15) is 12.4 Å². The highest BCUT2D eigenvalue weighted by Gasteiger charge is 2.41. The number of ether oxygens (including phenoxy) is 1. The number of aliphatic hydroxyl groups is 2. The van der Waals surface area contributed by atoms with Crippen molar-refractivity contribution in [1.82, 2.24) is 15.2 Å². The van der Waals surface area contributed by atoms with Crippen molar-refractivity contribution in [3.05, 3.63) is 12.2 Å². The minimum absolute atomic E-state index is 0.238. The second-order valence-electron chi connectivity index (χ2n) is 3.11. The quantitative estimate of drug-likeness (QED) is 0.504. The normalized spacial score (nSPS) is 26.5. The summed E-state index contributed by atoms with van der Waals surface area (Å²) in [4.78, 5) is 3.88. The third-order valence-corrected chi connectivity index (χ3v) is 2.14. The molecule has 3 N–H and O–H groups in total. The molecule has 1 atom stereocenters. The van der Waals surface area contributed by atoms with Gasteiger partial charge in [-0.3, -0.25) is 5.10 Å². The molecule has 0 aromatic carbocycles. The minimum Gasteiger partial charge on any atom is -0.372 e. The Hall–Kier alpha value is -0.980. The largest absolute Gasteiger partial charge is 0.372 e. The van der Waals surface area contributed by atoms with Gasteiger partial charge in [-0.25, -0.2) is 4.98 Å². The third kappa shape index (κ3) is 1.69. The number of aromatic nitrogens is 3. The van der Waals surface area contributed by atoms with Gasteiger partial charge in [-0.15, -0.1) is 0 Å². The van der Waals surface area contributed by atoms with E-state index in [0.29, 0.717) is 18.9 Å². The van der Waals surface area contributed by atoms with Crippen LogP contribution in [-0.4, -0.2) is 43.9 Å². The van der Waals surface area contributed by atoms with Gasteiger partial charge in [0, 0.05) is 12.8 Å². The lowest BCUT2D eigenvalue weighted by molar-refractivity contribution is -0.192. The Morgan fingerprint density at radius 1 is 1.69 bits per heavy atom. The Morgan fingerprint density at radius 2 is 2.54 bits per heavy atom. The predicted octanol–water partition coefficient (Wildman–Crippen LogP) is -1.18. The van der Waals surface area contributed by atoms with E-state index >= 15 is 0 Å². The first-order chi connectivity index (χ1) is 6.18. The lowest BCUT2D eigenvalue weighted by atomic mass is 10.1. The van der Waals surface area contributed by atoms with Crippen molar-refractivity contribution >= 4 is 0 Å². The lowest BCUT2D eigenvalue weighted by Crippen LogP contribution is -2.39. The lowest BCUT2D eigenvalue weighted by Gasteiger charge is -2.20. The summed E-state index contributed by atoms with van der Waals surface area (Å²) in [5.74, 6) is -1.21. The summed E-state index contributed by atoms with van der Waals surface area (Å²) in [7, 11) is 0. The maximum absolute atomic E-state index is 9.42. The molecule has 0 aliphatic carbocycles. The molecular weight excluding hydrogens is 174 g/mol. The molecule has 0 radical (unpaired) electrons. The van der Waals surface area contributed by atoms with E-state index in [4.69, 9.17) is 4.74 Å². The fraction of sp³-hybridized carbons (Fsp3) is 0.714. The van der Waals surface area contributed by atoms with Gasteiger partial charge < -0.3 is 14.9 Å². The Morgan fingerprint density at radius 3 is 3.08 bits per heavy atom. The summed E-state index contributed by atoms with van der Waals surface area (Å²) in [5, 5.41) is 25.2. The molecule has 1 aromatic rings. The zero-order valence-electron chi connectivity index (χ0n) is 6.97. The van der Waals surface area contributed by atoms with E-state index in [0.717, 1.165) is 0 Å². The number of H-pyrrole nitrogens is 1. The summed E-state index contributed by atoms with van der Waals surface area (Å²) in [6.45, 7) is 0.363. The molecule has 1 aliphatic heterocycles. The number of hydrogen-bond acceptors (Lipinski definition) is 5. The minimum atomic E-state index is -1.74. The molecule has 0 saturated carbocycles. The molecule has 2 heterocycles. The molecule has 0 amide bonds. The topological polar surface area (TPSA) is 91.3 Å². The summed E-state index contributed by atoms with van der Waals surface area (Å²) in [5.41, 5.74) is 0. The van der Waals surface area contributed by atoms with Crippen LogP contribution in [-0.2, 0) is 11.2 Å². The van der Waals surface area contributed by atoms with Gasteiger partial charge in [0.05, 0.1) is 6.61 Å². The Labute approximate surface area is 74.6 Å². The van der Waals surface area contributed by atoms with Gasteiger partial charge in [-0.2, -0.15) is 5.10 Å². The maximum Gasteiger partial charge on any atom is 0.192 e. The zero-order chi connectivity index (χ0) is 9.31. The molecule has 13 heavy (non-hydrogen) atoms. The molecule has 0 unspecified atom stereocenters. The molecule has 72 valence electrons. The van der Waals surface area contributed by atoms with Gasteiger partial charge in [-0.1, -0.05) is 0 Å². The van der Waals surface area contributed by atoms with Crippen molar-refractivity contribution in [2.45, 2.75) is 24.7 Å². The molecular formula is C7H11N3O3. The summed E-state index contributed by atoms with van der Waals surface area (Å²) in [6, 6.07) is 0.